The van der Waals surface area contributed by atoms with E-state index in [0.717, 1.165) is 12.1 Å². The minimum atomic E-state index is -0.131. The van der Waals surface area contributed by atoms with E-state index in [1.165, 1.54) is 12.7 Å². The molecular formula is C13H17NO2. The van der Waals surface area contributed by atoms with Gasteiger partial charge in [0, 0.05) is 11.7 Å². The van der Waals surface area contributed by atoms with Gasteiger partial charge < -0.3 is 10.1 Å². The maximum atomic E-state index is 11.4. The number of anilines is 1. The van der Waals surface area contributed by atoms with Gasteiger partial charge in [-0.1, -0.05) is 18.2 Å². The minimum Gasteiger partial charge on any atom is -0.469 e. The molecule has 1 aromatic carbocycles. The fourth-order valence-electron chi connectivity index (χ4n) is 2.34. The average Bonchev–Trinajstić information content (AvgIpc) is 2.28. The molecule has 3 nitrogen and oxygen atoms in total. The highest BCUT2D eigenvalue weighted by molar-refractivity contribution is 5.71. The van der Waals surface area contributed by atoms with E-state index < -0.39 is 0 Å². The maximum Gasteiger partial charge on any atom is 0.306 e. The van der Waals surface area contributed by atoms with E-state index in [2.05, 4.69) is 24.4 Å². The molecule has 0 radical (unpaired) electrons. The molecule has 0 fully saturated rings. The van der Waals surface area contributed by atoms with Gasteiger partial charge in [0.05, 0.1) is 13.5 Å². The highest BCUT2D eigenvalue weighted by Crippen LogP contribution is 2.36. The average molecular weight is 219 g/mol. The summed E-state index contributed by atoms with van der Waals surface area (Å²) in [5.74, 6) is 0.147. The molecule has 86 valence electrons. The van der Waals surface area contributed by atoms with Crippen LogP contribution in [0.15, 0.2) is 24.3 Å². The number of rotatable bonds is 2. The van der Waals surface area contributed by atoms with Gasteiger partial charge in [0.1, 0.15) is 0 Å². The highest BCUT2D eigenvalue weighted by Gasteiger charge is 2.25. The van der Waals surface area contributed by atoms with E-state index in [-0.39, 0.29) is 11.9 Å². The second kappa shape index (κ2) is 4.56. The summed E-state index contributed by atoms with van der Waals surface area (Å²) in [4.78, 5) is 11.4. The van der Waals surface area contributed by atoms with Crippen LogP contribution in [0, 0.1) is 0 Å². The summed E-state index contributed by atoms with van der Waals surface area (Å²) in [7, 11) is 1.44. The molecule has 0 aliphatic carbocycles. The number of para-hydroxylation sites is 1. The summed E-state index contributed by atoms with van der Waals surface area (Å²) < 4.78 is 4.74. The van der Waals surface area contributed by atoms with Crippen LogP contribution in [0.1, 0.15) is 31.2 Å². The first-order chi connectivity index (χ1) is 7.70. The van der Waals surface area contributed by atoms with Crippen LogP contribution in [0.25, 0.3) is 0 Å². The number of fused-ring (bicyclic) bond motifs is 1. The van der Waals surface area contributed by atoms with Gasteiger partial charge in [-0.15, -0.1) is 0 Å². The number of methoxy groups -OCH3 is 1. The Bertz CT molecular complexity index is 389. The van der Waals surface area contributed by atoms with Crippen molar-refractivity contribution in [3.8, 4) is 0 Å². The lowest BCUT2D eigenvalue weighted by atomic mass is 9.85. The summed E-state index contributed by atoms with van der Waals surface area (Å²) in [6.07, 6.45) is 1.45. The normalized spacial score (nSPS) is 23.1. The molecule has 1 heterocycles. The Hall–Kier alpha value is -1.51. The number of hydrogen-bond donors (Lipinski definition) is 1. The van der Waals surface area contributed by atoms with Gasteiger partial charge in [0.2, 0.25) is 0 Å². The number of benzene rings is 1. The third-order valence-electron chi connectivity index (χ3n) is 3.08. The zero-order valence-corrected chi connectivity index (χ0v) is 9.69. The quantitative estimate of drug-likeness (QED) is 0.777. The summed E-state index contributed by atoms with van der Waals surface area (Å²) in [5.41, 5.74) is 2.38. The molecular weight excluding hydrogens is 202 g/mol. The van der Waals surface area contributed by atoms with Gasteiger partial charge in [-0.2, -0.15) is 0 Å². The van der Waals surface area contributed by atoms with Gasteiger partial charge in [-0.05, 0) is 30.9 Å². The standard InChI is InChI=1S/C13H17NO2/c1-9-7-10(8-13(15)16-2)11-5-3-4-6-12(11)14-9/h3-6,9-10,14H,7-8H2,1-2H3. The smallest absolute Gasteiger partial charge is 0.306 e. The lowest BCUT2D eigenvalue weighted by Gasteiger charge is -2.30. The van der Waals surface area contributed by atoms with Crippen LogP contribution in [0.5, 0.6) is 0 Å². The van der Waals surface area contributed by atoms with E-state index in [0.29, 0.717) is 12.5 Å². The van der Waals surface area contributed by atoms with Crippen molar-refractivity contribution in [3.05, 3.63) is 29.8 Å². The monoisotopic (exact) mass is 219 g/mol. The molecule has 0 bridgehead atoms. The van der Waals surface area contributed by atoms with Gasteiger partial charge >= 0.3 is 5.97 Å². The van der Waals surface area contributed by atoms with Gasteiger partial charge in [0.15, 0.2) is 0 Å². The van der Waals surface area contributed by atoms with Crippen LogP contribution in [0.3, 0.4) is 0 Å². The number of esters is 1. The van der Waals surface area contributed by atoms with Crippen molar-refractivity contribution in [2.45, 2.75) is 31.7 Å². The van der Waals surface area contributed by atoms with Crippen LogP contribution in [0.4, 0.5) is 5.69 Å². The molecule has 0 spiro atoms. The van der Waals surface area contributed by atoms with Crippen molar-refractivity contribution in [2.24, 2.45) is 0 Å². The SMILES string of the molecule is COC(=O)CC1CC(C)Nc2ccccc21. The summed E-state index contributed by atoms with van der Waals surface area (Å²) in [5, 5.41) is 3.43. The topological polar surface area (TPSA) is 38.3 Å². The first kappa shape index (κ1) is 11.0. The van der Waals surface area contributed by atoms with Crippen molar-refractivity contribution in [3.63, 3.8) is 0 Å². The third-order valence-corrected chi connectivity index (χ3v) is 3.08. The summed E-state index contributed by atoms with van der Waals surface area (Å²) >= 11 is 0. The van der Waals surface area contributed by atoms with Crippen LogP contribution in [0.2, 0.25) is 0 Å². The van der Waals surface area contributed by atoms with Crippen LogP contribution < -0.4 is 5.32 Å². The Kier molecular flexibility index (Phi) is 3.13. The lowest BCUT2D eigenvalue weighted by molar-refractivity contribution is -0.141. The number of carbonyl (C=O) groups is 1. The Morgan fingerprint density at radius 3 is 3.00 bits per heavy atom. The van der Waals surface area contributed by atoms with Gasteiger partial charge in [-0.25, -0.2) is 0 Å². The number of carbonyl (C=O) groups excluding carboxylic acids is 1. The molecule has 1 aromatic rings. The molecule has 1 N–H and O–H groups in total. The molecule has 2 rings (SSSR count). The van der Waals surface area contributed by atoms with Crippen LogP contribution in [-0.4, -0.2) is 19.1 Å². The van der Waals surface area contributed by atoms with Gasteiger partial charge in [-0.3, -0.25) is 4.79 Å². The van der Waals surface area contributed by atoms with E-state index in [1.54, 1.807) is 0 Å². The van der Waals surface area contributed by atoms with Crippen molar-refractivity contribution in [1.29, 1.82) is 0 Å². The van der Waals surface area contributed by atoms with Crippen molar-refractivity contribution in [1.82, 2.24) is 0 Å². The van der Waals surface area contributed by atoms with Crippen LogP contribution >= 0.6 is 0 Å². The number of nitrogens with one attached hydrogen (secondary N) is 1. The molecule has 0 amide bonds. The molecule has 0 aromatic heterocycles. The molecule has 0 saturated carbocycles. The fourth-order valence-corrected chi connectivity index (χ4v) is 2.34. The molecule has 16 heavy (non-hydrogen) atoms. The third kappa shape index (κ3) is 2.18. The molecule has 2 atom stereocenters. The molecule has 0 saturated heterocycles. The first-order valence-electron chi connectivity index (χ1n) is 5.63. The number of ether oxygens (including phenoxy) is 1. The minimum absolute atomic E-state index is 0.131. The predicted molar refractivity (Wildman–Crippen MR) is 63.5 cm³/mol. The summed E-state index contributed by atoms with van der Waals surface area (Å²) in [6, 6.07) is 8.58. The zero-order chi connectivity index (χ0) is 11.5. The second-order valence-corrected chi connectivity index (χ2v) is 4.35. The second-order valence-electron chi connectivity index (χ2n) is 4.35. The molecule has 1 aliphatic heterocycles. The molecule has 3 heteroatoms. The Labute approximate surface area is 95.8 Å². The maximum absolute atomic E-state index is 11.4. The van der Waals surface area contributed by atoms with Crippen molar-refractivity contribution < 1.29 is 9.53 Å². The molecule has 1 aliphatic rings. The fraction of sp³-hybridized carbons (Fsp3) is 0.462. The zero-order valence-electron chi connectivity index (χ0n) is 9.69. The Balaban J connectivity index is 2.23. The van der Waals surface area contributed by atoms with E-state index in [9.17, 15) is 4.79 Å². The first-order valence-corrected chi connectivity index (χ1v) is 5.63. The van der Waals surface area contributed by atoms with Crippen molar-refractivity contribution in [2.75, 3.05) is 12.4 Å². The number of hydrogen-bond acceptors (Lipinski definition) is 3. The van der Waals surface area contributed by atoms with E-state index in [1.807, 2.05) is 12.1 Å². The lowest BCUT2D eigenvalue weighted by Crippen LogP contribution is -2.26. The van der Waals surface area contributed by atoms with E-state index in [4.69, 9.17) is 4.74 Å². The highest BCUT2D eigenvalue weighted by atomic mass is 16.5. The molecule has 2 unspecified atom stereocenters. The van der Waals surface area contributed by atoms with Crippen LogP contribution in [-0.2, 0) is 9.53 Å². The summed E-state index contributed by atoms with van der Waals surface area (Å²) in [6.45, 7) is 2.14. The van der Waals surface area contributed by atoms with Crippen molar-refractivity contribution >= 4 is 11.7 Å². The Morgan fingerprint density at radius 1 is 1.50 bits per heavy atom. The Morgan fingerprint density at radius 2 is 2.25 bits per heavy atom. The van der Waals surface area contributed by atoms with Gasteiger partial charge in [0.25, 0.3) is 0 Å². The van der Waals surface area contributed by atoms with E-state index >= 15 is 0 Å². The largest absolute Gasteiger partial charge is 0.469 e. The predicted octanol–water partition coefficient (Wildman–Crippen LogP) is 2.54.